The number of aromatic nitrogens is 3. The van der Waals surface area contributed by atoms with E-state index in [0.717, 1.165) is 16.1 Å². The molecule has 0 atom stereocenters. The van der Waals surface area contributed by atoms with Crippen molar-refractivity contribution < 1.29 is 9.47 Å². The Bertz CT molecular complexity index is 503. The molecule has 5 nitrogen and oxygen atoms in total. The van der Waals surface area contributed by atoms with Crippen LogP contribution in [0.4, 0.5) is 0 Å². The Morgan fingerprint density at radius 2 is 1.90 bits per heavy atom. The zero-order valence-corrected chi connectivity index (χ0v) is 13.0. The fourth-order valence-electron chi connectivity index (χ4n) is 1.46. The smallest absolute Gasteiger partial charge is 0.209 e. The lowest BCUT2D eigenvalue weighted by Gasteiger charge is -2.10. The Labute approximate surface area is 126 Å². The zero-order valence-electron chi connectivity index (χ0n) is 11.4. The number of H-pyrrole nitrogens is 1. The summed E-state index contributed by atoms with van der Waals surface area (Å²) in [6.07, 6.45) is -0.231. The molecule has 1 heterocycles. The number of benzene rings is 1. The van der Waals surface area contributed by atoms with Crippen molar-refractivity contribution in [1.29, 1.82) is 0 Å². The van der Waals surface area contributed by atoms with Gasteiger partial charge in [0.1, 0.15) is 0 Å². The van der Waals surface area contributed by atoms with Crippen molar-refractivity contribution in [2.75, 3.05) is 20.0 Å². The lowest BCUT2D eigenvalue weighted by molar-refractivity contribution is -0.0842. The first-order valence-electron chi connectivity index (χ1n) is 6.09. The quantitative estimate of drug-likeness (QED) is 0.597. The fraction of sp³-hybridized carbons (Fsp3) is 0.385. The van der Waals surface area contributed by atoms with E-state index in [9.17, 15) is 0 Å². The molecule has 0 aliphatic carbocycles. The number of hydrogen-bond acceptors (Lipinski definition) is 6. The summed E-state index contributed by atoms with van der Waals surface area (Å²) in [7, 11) is 3.24. The van der Waals surface area contributed by atoms with Crippen LogP contribution in [-0.2, 0) is 15.2 Å². The summed E-state index contributed by atoms with van der Waals surface area (Å²) in [5.41, 5.74) is 1.26. The van der Waals surface area contributed by atoms with Gasteiger partial charge in [-0.2, -0.15) is 4.98 Å². The normalized spacial score (nSPS) is 11.2. The van der Waals surface area contributed by atoms with Gasteiger partial charge in [0.2, 0.25) is 5.16 Å². The van der Waals surface area contributed by atoms with Crippen molar-refractivity contribution >= 4 is 23.5 Å². The van der Waals surface area contributed by atoms with Gasteiger partial charge in [-0.3, -0.25) is 5.10 Å². The van der Waals surface area contributed by atoms with Gasteiger partial charge >= 0.3 is 0 Å². The number of ether oxygens (including phenoxy) is 2. The van der Waals surface area contributed by atoms with Crippen LogP contribution in [0.1, 0.15) is 5.56 Å². The van der Waals surface area contributed by atoms with E-state index in [1.54, 1.807) is 26.0 Å². The molecule has 0 aliphatic heterocycles. The van der Waals surface area contributed by atoms with Gasteiger partial charge in [0.15, 0.2) is 11.4 Å². The number of aromatic amines is 1. The second-order valence-corrected chi connectivity index (χ2v) is 5.86. The summed E-state index contributed by atoms with van der Waals surface area (Å²) >= 11 is 3.14. The number of hydrogen-bond donors (Lipinski definition) is 1. The van der Waals surface area contributed by atoms with E-state index in [1.165, 1.54) is 17.3 Å². The van der Waals surface area contributed by atoms with E-state index in [0.29, 0.717) is 5.75 Å². The lowest BCUT2D eigenvalue weighted by atomic mass is 10.2. The third-order valence-corrected chi connectivity index (χ3v) is 4.35. The molecule has 20 heavy (non-hydrogen) atoms. The number of thioether (sulfide) groups is 2. The summed E-state index contributed by atoms with van der Waals surface area (Å²) in [5.74, 6) is 1.53. The average Bonchev–Trinajstić information content (AvgIpc) is 2.95. The summed E-state index contributed by atoms with van der Waals surface area (Å²) in [6.45, 7) is 0. The Morgan fingerprint density at radius 1 is 1.15 bits per heavy atom. The maximum Gasteiger partial charge on any atom is 0.209 e. The molecule has 0 unspecified atom stereocenters. The highest BCUT2D eigenvalue weighted by atomic mass is 32.2. The van der Waals surface area contributed by atoms with Gasteiger partial charge in [0.25, 0.3) is 0 Å². The molecule has 7 heteroatoms. The third-order valence-electron chi connectivity index (χ3n) is 2.54. The molecule has 2 rings (SSSR count). The van der Waals surface area contributed by atoms with Crippen molar-refractivity contribution in [3.05, 3.63) is 35.9 Å². The number of nitrogens with zero attached hydrogens (tertiary/aromatic N) is 2. The van der Waals surface area contributed by atoms with Crippen LogP contribution in [0, 0.1) is 0 Å². The summed E-state index contributed by atoms with van der Waals surface area (Å²) < 4.78 is 10.2. The minimum atomic E-state index is -0.231. The molecule has 0 bridgehead atoms. The van der Waals surface area contributed by atoms with Gasteiger partial charge in [-0.15, -0.1) is 5.10 Å². The first-order chi connectivity index (χ1) is 9.81. The number of methoxy groups -OCH3 is 2. The highest BCUT2D eigenvalue weighted by Crippen LogP contribution is 2.22. The van der Waals surface area contributed by atoms with Crippen LogP contribution in [0.3, 0.4) is 0 Å². The highest BCUT2D eigenvalue weighted by molar-refractivity contribution is 7.99. The minimum absolute atomic E-state index is 0.231. The molecule has 108 valence electrons. The van der Waals surface area contributed by atoms with Crippen molar-refractivity contribution in [3.63, 3.8) is 0 Å². The van der Waals surface area contributed by atoms with Crippen LogP contribution in [0.15, 0.2) is 40.6 Å². The standard InChI is InChI=1S/C13H17N3O2S2/c1-17-11(18-2)9-20-13-14-12(15-16-13)19-8-10-6-4-3-5-7-10/h3-7,11H,8-9H2,1-2H3,(H,14,15,16). The van der Waals surface area contributed by atoms with Gasteiger partial charge < -0.3 is 9.47 Å². The van der Waals surface area contributed by atoms with Gasteiger partial charge in [0.05, 0.1) is 5.75 Å². The van der Waals surface area contributed by atoms with Crippen LogP contribution in [0.2, 0.25) is 0 Å². The maximum absolute atomic E-state index is 5.12. The van der Waals surface area contributed by atoms with Crippen molar-refractivity contribution in [3.8, 4) is 0 Å². The maximum atomic E-state index is 5.12. The van der Waals surface area contributed by atoms with E-state index < -0.39 is 0 Å². The van der Waals surface area contributed by atoms with Crippen molar-refractivity contribution in [2.24, 2.45) is 0 Å². The number of rotatable bonds is 8. The van der Waals surface area contributed by atoms with E-state index in [-0.39, 0.29) is 6.29 Å². The van der Waals surface area contributed by atoms with Crippen LogP contribution < -0.4 is 0 Å². The Morgan fingerprint density at radius 3 is 2.60 bits per heavy atom. The molecular weight excluding hydrogens is 294 g/mol. The van der Waals surface area contributed by atoms with Crippen LogP contribution in [0.25, 0.3) is 0 Å². The topological polar surface area (TPSA) is 60.0 Å². The van der Waals surface area contributed by atoms with Gasteiger partial charge in [-0.05, 0) is 5.56 Å². The molecule has 0 saturated carbocycles. The second kappa shape index (κ2) is 8.31. The van der Waals surface area contributed by atoms with Gasteiger partial charge in [-0.25, -0.2) is 0 Å². The Hall–Kier alpha value is -1.02. The molecule has 1 aromatic carbocycles. The van der Waals surface area contributed by atoms with E-state index in [4.69, 9.17) is 9.47 Å². The molecule has 1 aromatic heterocycles. The molecule has 1 N–H and O–H groups in total. The average molecular weight is 311 g/mol. The predicted octanol–water partition coefficient (Wildman–Crippen LogP) is 2.81. The van der Waals surface area contributed by atoms with Crippen LogP contribution in [-0.4, -0.2) is 41.4 Å². The van der Waals surface area contributed by atoms with E-state index in [2.05, 4.69) is 27.3 Å². The lowest BCUT2D eigenvalue weighted by Crippen LogP contribution is -2.15. The summed E-state index contributed by atoms with van der Waals surface area (Å²) in [6, 6.07) is 10.3. The second-order valence-electron chi connectivity index (χ2n) is 3.91. The molecular formula is C13H17N3O2S2. The zero-order chi connectivity index (χ0) is 14.2. The SMILES string of the molecule is COC(CSc1nc(SCc2ccccc2)n[nH]1)OC. The first kappa shape index (κ1) is 15.4. The Kier molecular flexibility index (Phi) is 6.38. The fourth-order valence-corrected chi connectivity index (χ4v) is 3.10. The highest BCUT2D eigenvalue weighted by Gasteiger charge is 2.09. The monoisotopic (exact) mass is 311 g/mol. The minimum Gasteiger partial charge on any atom is -0.355 e. The van der Waals surface area contributed by atoms with Crippen molar-refractivity contribution in [1.82, 2.24) is 15.2 Å². The van der Waals surface area contributed by atoms with Crippen LogP contribution >= 0.6 is 23.5 Å². The third kappa shape index (κ3) is 4.82. The molecule has 0 saturated heterocycles. The summed E-state index contributed by atoms with van der Waals surface area (Å²) in [4.78, 5) is 4.41. The first-order valence-corrected chi connectivity index (χ1v) is 8.06. The molecule has 2 aromatic rings. The Balaban J connectivity index is 1.80. The van der Waals surface area contributed by atoms with Crippen LogP contribution in [0.5, 0.6) is 0 Å². The molecule has 0 fully saturated rings. The molecule has 0 amide bonds. The van der Waals surface area contributed by atoms with Gasteiger partial charge in [0, 0.05) is 20.0 Å². The van der Waals surface area contributed by atoms with Gasteiger partial charge in [-0.1, -0.05) is 53.9 Å². The predicted molar refractivity (Wildman–Crippen MR) is 80.9 cm³/mol. The summed E-state index contributed by atoms with van der Waals surface area (Å²) in [5, 5.41) is 8.63. The molecule has 0 radical (unpaired) electrons. The molecule has 0 spiro atoms. The van der Waals surface area contributed by atoms with Crippen molar-refractivity contribution in [2.45, 2.75) is 22.4 Å². The van der Waals surface area contributed by atoms with E-state index in [1.807, 2.05) is 18.2 Å². The van der Waals surface area contributed by atoms with E-state index >= 15 is 0 Å². The largest absolute Gasteiger partial charge is 0.355 e. The number of nitrogens with one attached hydrogen (secondary N) is 1. The molecule has 0 aliphatic rings.